The molecule has 0 saturated carbocycles. The van der Waals surface area contributed by atoms with Crippen molar-refractivity contribution in [2.75, 3.05) is 7.11 Å². The summed E-state index contributed by atoms with van der Waals surface area (Å²) in [4.78, 5) is 0. The van der Waals surface area contributed by atoms with E-state index >= 15 is 0 Å². The second-order valence-corrected chi connectivity index (χ2v) is 2.44. The molecule has 0 saturated heterocycles. The van der Waals surface area contributed by atoms with Gasteiger partial charge in [-0.05, 0) is 18.2 Å². The van der Waals surface area contributed by atoms with Gasteiger partial charge in [-0.15, -0.1) is 0 Å². The third-order valence-corrected chi connectivity index (χ3v) is 1.69. The van der Waals surface area contributed by atoms with Crippen LogP contribution < -0.4 is 4.74 Å². The fourth-order valence-corrected chi connectivity index (χ4v) is 0.977. The number of nitrogens with one attached hydrogen (secondary N) is 1. The van der Waals surface area contributed by atoms with Crippen molar-refractivity contribution in [1.29, 1.82) is 5.41 Å². The van der Waals surface area contributed by atoms with Gasteiger partial charge >= 0.3 is 0 Å². The van der Waals surface area contributed by atoms with Gasteiger partial charge in [0.15, 0.2) is 0 Å². The Bertz CT molecular complexity index is 273. The number of hydrogen-bond donors (Lipinski definition) is 1. The minimum Gasteiger partial charge on any atom is -0.497 e. The predicted molar refractivity (Wildman–Crippen MR) is 45.9 cm³/mol. The van der Waals surface area contributed by atoms with E-state index in [2.05, 4.69) is 0 Å². The molecule has 58 valence electrons. The van der Waals surface area contributed by atoms with Crippen molar-refractivity contribution in [2.24, 2.45) is 0 Å². The Morgan fingerprint density at radius 3 is 2.73 bits per heavy atom. The monoisotopic (exact) mass is 169 g/mol. The summed E-state index contributed by atoms with van der Waals surface area (Å²) in [5, 5.41) is 7.50. The second-order valence-electron chi connectivity index (χ2n) is 2.03. The normalized spacial score (nSPS) is 9.27. The Morgan fingerprint density at radius 1 is 1.55 bits per heavy atom. The summed E-state index contributed by atoms with van der Waals surface area (Å²) in [5.41, 5.74) is 0.701. The zero-order valence-corrected chi connectivity index (χ0v) is 6.85. The van der Waals surface area contributed by atoms with Gasteiger partial charge in [0.2, 0.25) is 0 Å². The molecule has 1 rings (SSSR count). The molecule has 0 heterocycles. The van der Waals surface area contributed by atoms with E-state index in [1.807, 2.05) is 0 Å². The maximum atomic E-state index is 6.96. The minimum atomic E-state index is 0.541. The highest BCUT2D eigenvalue weighted by molar-refractivity contribution is 6.33. The molecule has 1 N–H and O–H groups in total. The second kappa shape index (κ2) is 3.39. The van der Waals surface area contributed by atoms with Crippen LogP contribution >= 0.6 is 11.6 Å². The third kappa shape index (κ3) is 1.71. The van der Waals surface area contributed by atoms with Gasteiger partial charge in [0.25, 0.3) is 0 Å². The first kappa shape index (κ1) is 8.08. The van der Waals surface area contributed by atoms with Crippen LogP contribution in [-0.2, 0) is 0 Å². The molecule has 1 aromatic carbocycles. The van der Waals surface area contributed by atoms with Crippen molar-refractivity contribution in [3.8, 4) is 5.75 Å². The fourth-order valence-electron chi connectivity index (χ4n) is 0.752. The van der Waals surface area contributed by atoms with Crippen LogP contribution in [0.1, 0.15) is 5.56 Å². The first-order chi connectivity index (χ1) is 5.27. The van der Waals surface area contributed by atoms with Crippen LogP contribution in [0.4, 0.5) is 0 Å². The van der Waals surface area contributed by atoms with Crippen LogP contribution in [0.25, 0.3) is 0 Å². The highest BCUT2D eigenvalue weighted by Crippen LogP contribution is 2.20. The van der Waals surface area contributed by atoms with Crippen molar-refractivity contribution in [3.63, 3.8) is 0 Å². The van der Waals surface area contributed by atoms with Gasteiger partial charge in [0.1, 0.15) is 5.75 Å². The van der Waals surface area contributed by atoms with Gasteiger partial charge in [0.05, 0.1) is 12.1 Å². The molecule has 0 aliphatic heterocycles. The largest absolute Gasteiger partial charge is 0.497 e. The van der Waals surface area contributed by atoms with Gasteiger partial charge < -0.3 is 10.1 Å². The lowest BCUT2D eigenvalue weighted by Crippen LogP contribution is -1.85. The first-order valence-electron chi connectivity index (χ1n) is 3.12. The van der Waals surface area contributed by atoms with E-state index in [1.165, 1.54) is 6.21 Å². The molecule has 0 unspecified atom stereocenters. The van der Waals surface area contributed by atoms with Gasteiger partial charge in [-0.3, -0.25) is 0 Å². The van der Waals surface area contributed by atoms with Crippen molar-refractivity contribution < 1.29 is 4.74 Å². The van der Waals surface area contributed by atoms with E-state index in [-0.39, 0.29) is 0 Å². The molecule has 0 bridgehead atoms. The maximum Gasteiger partial charge on any atom is 0.120 e. The SMILES string of the molecule is COc1ccc(C=N)c(Cl)c1. The molecule has 1 aromatic rings. The Kier molecular flexibility index (Phi) is 2.49. The summed E-state index contributed by atoms with van der Waals surface area (Å²) in [5.74, 6) is 0.709. The molecule has 0 aromatic heterocycles. The number of ether oxygens (including phenoxy) is 1. The summed E-state index contributed by atoms with van der Waals surface area (Å²) in [6.07, 6.45) is 1.21. The number of halogens is 1. The maximum absolute atomic E-state index is 6.96. The molecule has 0 fully saturated rings. The van der Waals surface area contributed by atoms with Crippen LogP contribution in [0, 0.1) is 5.41 Å². The number of methoxy groups -OCH3 is 1. The lowest BCUT2D eigenvalue weighted by molar-refractivity contribution is 0.415. The van der Waals surface area contributed by atoms with Gasteiger partial charge in [-0.1, -0.05) is 11.6 Å². The molecule has 0 aliphatic rings. The van der Waals surface area contributed by atoms with Crippen LogP contribution in [0.5, 0.6) is 5.75 Å². The van der Waals surface area contributed by atoms with Crippen molar-refractivity contribution in [2.45, 2.75) is 0 Å². The Hall–Kier alpha value is -1.02. The smallest absolute Gasteiger partial charge is 0.120 e. The number of hydrogen-bond acceptors (Lipinski definition) is 2. The molecule has 11 heavy (non-hydrogen) atoms. The molecule has 0 atom stereocenters. The zero-order chi connectivity index (χ0) is 8.27. The molecule has 0 amide bonds. The van der Waals surface area contributed by atoms with E-state index in [9.17, 15) is 0 Å². The standard InChI is InChI=1S/C8H8ClNO/c1-11-7-3-2-6(5-10)8(9)4-7/h2-5,10H,1H3. The molecular formula is C8H8ClNO. The van der Waals surface area contributed by atoms with E-state index in [4.69, 9.17) is 21.7 Å². The molecule has 2 nitrogen and oxygen atoms in total. The third-order valence-electron chi connectivity index (χ3n) is 1.36. The topological polar surface area (TPSA) is 33.1 Å². The summed E-state index contributed by atoms with van der Waals surface area (Å²) in [6, 6.07) is 5.20. The predicted octanol–water partition coefficient (Wildman–Crippen LogP) is 2.35. The lowest BCUT2D eigenvalue weighted by Gasteiger charge is -2.00. The van der Waals surface area contributed by atoms with Crippen molar-refractivity contribution in [1.82, 2.24) is 0 Å². The van der Waals surface area contributed by atoms with Crippen LogP contribution in [0.15, 0.2) is 18.2 Å². The van der Waals surface area contributed by atoms with E-state index in [0.717, 1.165) is 0 Å². The summed E-state index contributed by atoms with van der Waals surface area (Å²) in [7, 11) is 1.58. The van der Waals surface area contributed by atoms with Gasteiger partial charge in [0, 0.05) is 11.8 Å². The molecular weight excluding hydrogens is 162 g/mol. The Balaban J connectivity index is 3.09. The molecule has 0 aliphatic carbocycles. The van der Waals surface area contributed by atoms with Gasteiger partial charge in [-0.25, -0.2) is 0 Å². The summed E-state index contributed by atoms with van der Waals surface area (Å²) < 4.78 is 4.93. The quantitative estimate of drug-likeness (QED) is 0.678. The van der Waals surface area contributed by atoms with Crippen LogP contribution in [0.2, 0.25) is 5.02 Å². The number of rotatable bonds is 2. The highest BCUT2D eigenvalue weighted by Gasteiger charge is 1.97. The zero-order valence-electron chi connectivity index (χ0n) is 6.10. The average Bonchev–Trinajstić information content (AvgIpc) is 2.04. The van der Waals surface area contributed by atoms with Crippen LogP contribution in [-0.4, -0.2) is 13.3 Å². The lowest BCUT2D eigenvalue weighted by atomic mass is 10.2. The molecule has 0 radical (unpaired) electrons. The number of benzene rings is 1. The van der Waals surface area contributed by atoms with Crippen LogP contribution in [0.3, 0.4) is 0 Å². The highest BCUT2D eigenvalue weighted by atomic mass is 35.5. The van der Waals surface area contributed by atoms with E-state index in [1.54, 1.807) is 25.3 Å². The first-order valence-corrected chi connectivity index (χ1v) is 3.49. The molecule has 0 spiro atoms. The van der Waals surface area contributed by atoms with Crippen molar-refractivity contribution >= 4 is 17.8 Å². The average molecular weight is 170 g/mol. The summed E-state index contributed by atoms with van der Waals surface area (Å²) >= 11 is 5.78. The van der Waals surface area contributed by atoms with E-state index in [0.29, 0.717) is 16.3 Å². The molecule has 3 heteroatoms. The minimum absolute atomic E-state index is 0.541. The van der Waals surface area contributed by atoms with Gasteiger partial charge in [-0.2, -0.15) is 0 Å². The summed E-state index contributed by atoms with van der Waals surface area (Å²) in [6.45, 7) is 0. The Labute approximate surface area is 70.3 Å². The van der Waals surface area contributed by atoms with Crippen molar-refractivity contribution in [3.05, 3.63) is 28.8 Å². The van der Waals surface area contributed by atoms with E-state index < -0.39 is 0 Å². The Morgan fingerprint density at radius 2 is 2.27 bits per heavy atom. The fraction of sp³-hybridized carbons (Fsp3) is 0.125.